The summed E-state index contributed by atoms with van der Waals surface area (Å²) in [6.07, 6.45) is 7.48. The monoisotopic (exact) mass is 322 g/mol. The summed E-state index contributed by atoms with van der Waals surface area (Å²) in [5, 5.41) is 0. The first-order valence-electron chi connectivity index (χ1n) is 8.84. The molecule has 130 valence electrons. The Labute approximate surface area is 139 Å². The summed E-state index contributed by atoms with van der Waals surface area (Å²) < 4.78 is 5.11. The number of hydrogen-bond acceptors (Lipinski definition) is 3. The van der Waals surface area contributed by atoms with Gasteiger partial charge in [-0.1, -0.05) is 6.58 Å². The lowest BCUT2D eigenvalue weighted by molar-refractivity contribution is -0.140. The van der Waals surface area contributed by atoms with Gasteiger partial charge in [0.15, 0.2) is 0 Å². The number of nitrogens with zero attached hydrogens (tertiary/aromatic N) is 2. The molecule has 0 aromatic heterocycles. The average Bonchev–Trinajstić information content (AvgIpc) is 2.61. The van der Waals surface area contributed by atoms with Crippen LogP contribution in [-0.4, -0.2) is 61.5 Å². The second kappa shape index (κ2) is 9.06. The Kier molecular flexibility index (Phi) is 7.09. The normalized spacial score (nSPS) is 20.6. The zero-order valence-corrected chi connectivity index (χ0v) is 14.3. The van der Waals surface area contributed by atoms with Gasteiger partial charge in [-0.2, -0.15) is 0 Å². The number of piperidine rings is 2. The van der Waals surface area contributed by atoms with Crippen molar-refractivity contribution in [2.45, 2.75) is 38.5 Å². The van der Waals surface area contributed by atoms with E-state index in [9.17, 15) is 9.59 Å². The molecular weight excluding hydrogens is 292 g/mol. The number of carbonyl (C=O) groups excluding carboxylic acids is 2. The van der Waals surface area contributed by atoms with Gasteiger partial charge in [0.2, 0.25) is 11.8 Å². The lowest BCUT2D eigenvalue weighted by Crippen LogP contribution is -2.46. The molecule has 0 unspecified atom stereocenters. The molecule has 23 heavy (non-hydrogen) atoms. The molecule has 2 amide bonds. The van der Waals surface area contributed by atoms with Crippen LogP contribution in [0.15, 0.2) is 12.7 Å². The van der Waals surface area contributed by atoms with Gasteiger partial charge in [-0.25, -0.2) is 0 Å². The fourth-order valence-electron chi connectivity index (χ4n) is 3.69. The standard InChI is InChI=1S/C18H30N2O3/c1-3-17(21)19-12-8-16(9-13-19)18(22)20-10-6-15(7-11-20)5-4-14-23-2/h3,15-16H,1,4-14H2,2H3. The number of methoxy groups -OCH3 is 1. The summed E-state index contributed by atoms with van der Waals surface area (Å²) in [5.41, 5.74) is 0. The molecule has 0 saturated carbocycles. The van der Waals surface area contributed by atoms with E-state index in [2.05, 4.69) is 6.58 Å². The molecule has 2 fully saturated rings. The van der Waals surface area contributed by atoms with Crippen LogP contribution in [0.4, 0.5) is 0 Å². The van der Waals surface area contributed by atoms with Crippen LogP contribution in [0.1, 0.15) is 38.5 Å². The van der Waals surface area contributed by atoms with E-state index >= 15 is 0 Å². The van der Waals surface area contributed by atoms with Gasteiger partial charge < -0.3 is 14.5 Å². The molecule has 0 aromatic rings. The highest BCUT2D eigenvalue weighted by Gasteiger charge is 2.31. The molecule has 2 heterocycles. The first-order valence-corrected chi connectivity index (χ1v) is 8.84. The van der Waals surface area contributed by atoms with Crippen LogP contribution in [0.2, 0.25) is 0 Å². The third-order valence-electron chi connectivity index (χ3n) is 5.22. The highest BCUT2D eigenvalue weighted by Crippen LogP contribution is 2.26. The molecule has 2 aliphatic heterocycles. The van der Waals surface area contributed by atoms with E-state index < -0.39 is 0 Å². The molecule has 0 radical (unpaired) electrons. The third kappa shape index (κ3) is 5.06. The minimum Gasteiger partial charge on any atom is -0.385 e. The van der Waals surface area contributed by atoms with Crippen LogP contribution in [-0.2, 0) is 14.3 Å². The van der Waals surface area contributed by atoms with Crippen LogP contribution in [0.3, 0.4) is 0 Å². The van der Waals surface area contributed by atoms with Crippen molar-refractivity contribution >= 4 is 11.8 Å². The van der Waals surface area contributed by atoms with Gasteiger partial charge in [-0.15, -0.1) is 0 Å². The van der Waals surface area contributed by atoms with Gasteiger partial charge in [-0.3, -0.25) is 9.59 Å². The minimum absolute atomic E-state index is 0.0206. The van der Waals surface area contributed by atoms with Gasteiger partial charge in [-0.05, 0) is 50.5 Å². The SMILES string of the molecule is C=CC(=O)N1CCC(C(=O)N2CCC(CCCOC)CC2)CC1. The molecule has 2 aliphatic rings. The molecule has 0 atom stereocenters. The van der Waals surface area contributed by atoms with Crippen LogP contribution in [0.5, 0.6) is 0 Å². The third-order valence-corrected chi connectivity index (χ3v) is 5.22. The van der Waals surface area contributed by atoms with Crippen LogP contribution >= 0.6 is 0 Å². The Bertz CT molecular complexity index is 408. The van der Waals surface area contributed by atoms with Crippen molar-refractivity contribution < 1.29 is 14.3 Å². The van der Waals surface area contributed by atoms with E-state index in [4.69, 9.17) is 4.74 Å². The molecule has 2 saturated heterocycles. The number of rotatable bonds is 6. The van der Waals surface area contributed by atoms with E-state index in [0.717, 1.165) is 57.7 Å². The largest absolute Gasteiger partial charge is 0.385 e. The molecule has 0 N–H and O–H groups in total. The molecule has 0 aliphatic carbocycles. The first kappa shape index (κ1) is 18.0. The van der Waals surface area contributed by atoms with Gasteiger partial charge in [0.05, 0.1) is 0 Å². The Morgan fingerprint density at radius 3 is 2.26 bits per heavy atom. The maximum absolute atomic E-state index is 12.6. The van der Waals surface area contributed by atoms with Crippen molar-refractivity contribution in [3.05, 3.63) is 12.7 Å². The van der Waals surface area contributed by atoms with E-state index in [1.165, 1.54) is 12.5 Å². The van der Waals surface area contributed by atoms with Crippen LogP contribution in [0, 0.1) is 11.8 Å². The highest BCUT2D eigenvalue weighted by atomic mass is 16.5. The van der Waals surface area contributed by atoms with E-state index in [1.807, 2.05) is 4.90 Å². The Morgan fingerprint density at radius 1 is 1.09 bits per heavy atom. The Hall–Kier alpha value is -1.36. The molecule has 5 heteroatoms. The van der Waals surface area contributed by atoms with Crippen molar-refractivity contribution in [2.75, 3.05) is 39.9 Å². The summed E-state index contributed by atoms with van der Waals surface area (Å²) in [7, 11) is 1.75. The molecule has 0 spiro atoms. The quantitative estimate of drug-likeness (QED) is 0.556. The number of hydrogen-bond donors (Lipinski definition) is 0. The summed E-state index contributed by atoms with van der Waals surface area (Å²) in [4.78, 5) is 28.1. The van der Waals surface area contributed by atoms with Crippen LogP contribution in [0.25, 0.3) is 0 Å². The van der Waals surface area contributed by atoms with Crippen molar-refractivity contribution in [3.63, 3.8) is 0 Å². The van der Waals surface area contributed by atoms with Gasteiger partial charge in [0, 0.05) is 45.8 Å². The Balaban J connectivity index is 1.71. The fourth-order valence-corrected chi connectivity index (χ4v) is 3.69. The minimum atomic E-state index is -0.0206. The van der Waals surface area contributed by atoms with Gasteiger partial charge >= 0.3 is 0 Å². The Morgan fingerprint density at radius 2 is 1.70 bits per heavy atom. The van der Waals surface area contributed by atoms with Gasteiger partial charge in [0.1, 0.15) is 0 Å². The van der Waals surface area contributed by atoms with Crippen molar-refractivity contribution in [2.24, 2.45) is 11.8 Å². The lowest BCUT2D eigenvalue weighted by atomic mass is 9.90. The molecule has 2 rings (SSSR count). The summed E-state index contributed by atoms with van der Waals surface area (Å²) in [6.45, 7) is 7.49. The second-order valence-corrected chi connectivity index (χ2v) is 6.71. The van der Waals surface area contributed by atoms with Gasteiger partial charge in [0.25, 0.3) is 0 Å². The second-order valence-electron chi connectivity index (χ2n) is 6.71. The topological polar surface area (TPSA) is 49.9 Å². The van der Waals surface area contributed by atoms with E-state index in [1.54, 1.807) is 12.0 Å². The lowest BCUT2D eigenvalue weighted by Gasteiger charge is -2.37. The smallest absolute Gasteiger partial charge is 0.245 e. The zero-order chi connectivity index (χ0) is 16.7. The maximum Gasteiger partial charge on any atom is 0.245 e. The molecule has 0 aromatic carbocycles. The van der Waals surface area contributed by atoms with E-state index in [-0.39, 0.29) is 11.8 Å². The predicted molar refractivity (Wildman–Crippen MR) is 89.9 cm³/mol. The molecular formula is C18H30N2O3. The predicted octanol–water partition coefficient (Wildman–Crippen LogP) is 2.08. The van der Waals surface area contributed by atoms with Crippen molar-refractivity contribution in [3.8, 4) is 0 Å². The number of carbonyl (C=O) groups is 2. The number of ether oxygens (including phenoxy) is 1. The molecule has 5 nitrogen and oxygen atoms in total. The average molecular weight is 322 g/mol. The number of likely N-dealkylation sites (tertiary alicyclic amines) is 2. The fraction of sp³-hybridized carbons (Fsp3) is 0.778. The highest BCUT2D eigenvalue weighted by molar-refractivity contribution is 5.87. The number of amides is 2. The summed E-state index contributed by atoms with van der Waals surface area (Å²) in [5.74, 6) is 1.11. The zero-order valence-electron chi connectivity index (χ0n) is 14.3. The molecule has 0 bridgehead atoms. The summed E-state index contributed by atoms with van der Waals surface area (Å²) in [6, 6.07) is 0. The van der Waals surface area contributed by atoms with Crippen molar-refractivity contribution in [1.82, 2.24) is 9.80 Å². The van der Waals surface area contributed by atoms with E-state index in [0.29, 0.717) is 19.0 Å². The first-order chi connectivity index (χ1) is 11.2. The maximum atomic E-state index is 12.6. The van der Waals surface area contributed by atoms with Crippen molar-refractivity contribution in [1.29, 1.82) is 0 Å². The summed E-state index contributed by atoms with van der Waals surface area (Å²) >= 11 is 0. The van der Waals surface area contributed by atoms with Crippen LogP contribution < -0.4 is 0 Å².